The number of unbranched alkanes of at least 4 members (excludes halogenated alkanes) is 7. The number of carbonyl (C=O) groups excluding carboxylic acids is 3. The summed E-state index contributed by atoms with van der Waals surface area (Å²) >= 11 is 6.62. The quantitative estimate of drug-likeness (QED) is 0.0752. The van der Waals surface area contributed by atoms with Crippen LogP contribution in [-0.2, 0) is 14.3 Å². The van der Waals surface area contributed by atoms with E-state index in [0.717, 1.165) is 109 Å². The molecular weight excluding hydrogens is 672 g/mol. The van der Waals surface area contributed by atoms with Crippen molar-refractivity contribution in [3.8, 4) is 5.75 Å². The van der Waals surface area contributed by atoms with Crippen molar-refractivity contribution in [2.75, 3.05) is 25.0 Å². The van der Waals surface area contributed by atoms with Crippen LogP contribution in [0.5, 0.6) is 5.75 Å². The molecule has 0 saturated carbocycles. The Morgan fingerprint density at radius 1 is 0.885 bits per heavy atom. The zero-order valence-corrected chi connectivity index (χ0v) is 32.4. The molecule has 8 heteroatoms. The highest BCUT2D eigenvalue weighted by Crippen LogP contribution is 2.47. The van der Waals surface area contributed by atoms with Crippen molar-refractivity contribution in [1.82, 2.24) is 4.42 Å². The van der Waals surface area contributed by atoms with E-state index in [9.17, 15) is 14.4 Å². The van der Waals surface area contributed by atoms with E-state index in [0.29, 0.717) is 41.9 Å². The van der Waals surface area contributed by atoms with Crippen molar-refractivity contribution < 1.29 is 23.9 Å². The Balaban J connectivity index is 1.18. The number of halogens is 1. The molecule has 1 atom stereocenters. The Labute approximate surface area is 314 Å². The average Bonchev–Trinajstić information content (AvgIpc) is 3.14. The highest BCUT2D eigenvalue weighted by atomic mass is 35.5. The molecule has 0 fully saturated rings. The van der Waals surface area contributed by atoms with Crippen molar-refractivity contribution in [3.63, 3.8) is 0 Å². The van der Waals surface area contributed by atoms with Crippen LogP contribution in [0, 0.1) is 6.92 Å². The van der Waals surface area contributed by atoms with Crippen LogP contribution in [0.2, 0.25) is 0 Å². The van der Waals surface area contributed by atoms with Gasteiger partial charge in [-0.05, 0) is 107 Å². The number of hydrogen-bond donors (Lipinski definition) is 1. The fourth-order valence-electron chi connectivity index (χ4n) is 7.15. The third-order valence-corrected chi connectivity index (χ3v) is 10.8. The molecule has 2 aromatic rings. The first-order valence-corrected chi connectivity index (χ1v) is 19.3. The second-order valence-electron chi connectivity index (χ2n) is 14.0. The number of esters is 1. The summed E-state index contributed by atoms with van der Waals surface area (Å²) in [6, 6.07) is 11.8. The summed E-state index contributed by atoms with van der Waals surface area (Å²) in [5, 5.41) is 3.44. The zero-order chi connectivity index (χ0) is 37.4. The number of nitrogens with one attached hydrogen (secondary N) is 1. The van der Waals surface area contributed by atoms with Gasteiger partial charge in [-0.15, -0.1) is 0 Å². The Bertz CT molecular complexity index is 1860. The van der Waals surface area contributed by atoms with Crippen LogP contribution in [-0.4, -0.2) is 47.7 Å². The number of hydrogen-bond acceptors (Lipinski definition) is 7. The van der Waals surface area contributed by atoms with Crippen LogP contribution >= 0.6 is 11.8 Å². The lowest BCUT2D eigenvalue weighted by atomic mass is 9.83. The molecule has 0 amide bonds. The van der Waals surface area contributed by atoms with E-state index in [1.165, 1.54) is 6.08 Å². The van der Waals surface area contributed by atoms with Crippen LogP contribution in [0.15, 0.2) is 88.3 Å². The van der Waals surface area contributed by atoms with Gasteiger partial charge in [0.1, 0.15) is 11.5 Å². The third kappa shape index (κ3) is 8.87. The number of Topliss-reactive ketones (excluding diaryl/α,β-unsaturated/α-hetero) is 1. The van der Waals surface area contributed by atoms with Gasteiger partial charge in [-0.25, -0.2) is 9.21 Å². The molecule has 7 nitrogen and oxygen atoms in total. The van der Waals surface area contributed by atoms with Gasteiger partial charge in [0, 0.05) is 58.3 Å². The second kappa shape index (κ2) is 18.0. The summed E-state index contributed by atoms with van der Waals surface area (Å²) < 4.78 is 14.2. The number of allylic oxidation sites excluding steroid dienone is 5. The number of nitrogens with zero attached hydrogens (tertiary/aromatic N) is 1. The van der Waals surface area contributed by atoms with Crippen LogP contribution in [0.1, 0.15) is 119 Å². The normalized spacial score (nSPS) is 17.0. The number of anilines is 1. The van der Waals surface area contributed by atoms with E-state index in [1.54, 1.807) is 18.3 Å². The van der Waals surface area contributed by atoms with Crippen molar-refractivity contribution >= 4 is 40.6 Å². The van der Waals surface area contributed by atoms with Gasteiger partial charge in [-0.2, -0.15) is 0 Å². The number of rotatable bonds is 17. The largest absolute Gasteiger partial charge is 0.462 e. The van der Waals surface area contributed by atoms with E-state index in [-0.39, 0.29) is 23.6 Å². The molecule has 3 aliphatic rings. The fraction of sp³-hybridized carbons (Fsp3) is 0.432. The van der Waals surface area contributed by atoms with Gasteiger partial charge in [0.05, 0.1) is 18.2 Å². The number of aryl methyl sites for hydroxylation is 1. The highest BCUT2D eigenvalue weighted by molar-refractivity contribution is 6.22. The molecule has 0 bridgehead atoms. The summed E-state index contributed by atoms with van der Waals surface area (Å²) in [5.74, 6) is 1.11. The van der Waals surface area contributed by atoms with Gasteiger partial charge in [0.2, 0.25) is 0 Å². The maximum Gasteiger partial charge on any atom is 0.338 e. The van der Waals surface area contributed by atoms with Crippen molar-refractivity contribution in [1.29, 1.82) is 0 Å². The number of likely N-dealkylation sites (N-methyl/N-ethyl adjacent to an activating group) is 1. The molecule has 2 aliphatic carbocycles. The SMILES string of the molecule is CCNc1cc2c(cc1C)C(c1ccccc1C(=O)OCCCCCCCCCCC1=CC(=O)C(C)=C(C)C1=O)=C1C=C(C)C(N(Cl)CC)C=C1O2. The van der Waals surface area contributed by atoms with Gasteiger partial charge in [-0.1, -0.05) is 69.2 Å². The molecule has 0 radical (unpaired) electrons. The average molecular weight is 725 g/mol. The lowest BCUT2D eigenvalue weighted by Gasteiger charge is -2.33. The number of fused-ring (bicyclic) bond motifs is 2. The molecule has 1 N–H and O–H groups in total. The molecule has 0 aromatic heterocycles. The first kappa shape index (κ1) is 39.0. The van der Waals surface area contributed by atoms with Crippen molar-refractivity contribution in [3.05, 3.63) is 111 Å². The highest BCUT2D eigenvalue weighted by Gasteiger charge is 2.33. The minimum atomic E-state index is -0.329. The molecule has 1 aliphatic heterocycles. The van der Waals surface area contributed by atoms with Crippen LogP contribution < -0.4 is 10.1 Å². The number of benzene rings is 2. The molecular formula is C44H53ClN2O5. The Morgan fingerprint density at radius 3 is 2.29 bits per heavy atom. The predicted molar refractivity (Wildman–Crippen MR) is 211 cm³/mol. The topological polar surface area (TPSA) is 84.9 Å². The number of ketones is 2. The Hall–Kier alpha value is -4.20. The number of carbonyl (C=O) groups is 3. The molecule has 2 aromatic carbocycles. The van der Waals surface area contributed by atoms with Crippen LogP contribution in [0.3, 0.4) is 0 Å². The van der Waals surface area contributed by atoms with E-state index in [1.807, 2.05) is 37.3 Å². The molecule has 1 heterocycles. The molecule has 0 spiro atoms. The minimum Gasteiger partial charge on any atom is -0.462 e. The third-order valence-electron chi connectivity index (χ3n) is 10.3. The molecule has 0 saturated heterocycles. The summed E-state index contributed by atoms with van der Waals surface area (Å²) in [4.78, 5) is 38.2. The lowest BCUT2D eigenvalue weighted by molar-refractivity contribution is -0.116. The van der Waals surface area contributed by atoms with Crippen LogP contribution in [0.25, 0.3) is 5.57 Å². The van der Waals surface area contributed by atoms with Gasteiger partial charge in [0.25, 0.3) is 0 Å². The maximum atomic E-state index is 13.7. The van der Waals surface area contributed by atoms with Crippen molar-refractivity contribution in [2.45, 2.75) is 105 Å². The van der Waals surface area contributed by atoms with E-state index < -0.39 is 0 Å². The number of ether oxygens (including phenoxy) is 2. The smallest absolute Gasteiger partial charge is 0.338 e. The fourth-order valence-corrected chi connectivity index (χ4v) is 7.36. The standard InChI is InChI=1S/C44H53ClN2O5/c1-7-46-37-26-40-35(23-28(37)3)42(36-24-29(4)38(47(45)8-2)27-41(36)52-40)33-20-16-17-21-34(33)44(50)51-22-18-14-12-10-9-11-13-15-19-32-25-39(48)30(5)31(6)43(32)49/h16-17,20-21,23-27,38,46H,7-15,18-19,22H2,1-6H3. The summed E-state index contributed by atoms with van der Waals surface area (Å²) in [6.07, 6.45) is 14.6. The summed E-state index contributed by atoms with van der Waals surface area (Å²) in [7, 11) is 0. The first-order chi connectivity index (χ1) is 25.0. The van der Waals surface area contributed by atoms with Gasteiger partial charge in [0.15, 0.2) is 11.6 Å². The lowest BCUT2D eigenvalue weighted by Crippen LogP contribution is -2.30. The molecule has 52 heavy (non-hydrogen) atoms. The van der Waals surface area contributed by atoms with E-state index in [2.05, 4.69) is 44.3 Å². The van der Waals surface area contributed by atoms with Crippen molar-refractivity contribution in [2.24, 2.45) is 0 Å². The predicted octanol–water partition coefficient (Wildman–Crippen LogP) is 10.4. The maximum absolute atomic E-state index is 13.7. The molecule has 1 unspecified atom stereocenters. The van der Waals surface area contributed by atoms with Crippen LogP contribution in [0.4, 0.5) is 5.69 Å². The van der Waals surface area contributed by atoms with E-state index in [4.69, 9.17) is 21.3 Å². The zero-order valence-electron chi connectivity index (χ0n) is 31.6. The van der Waals surface area contributed by atoms with Gasteiger partial charge >= 0.3 is 5.97 Å². The molecule has 5 rings (SSSR count). The second-order valence-corrected chi connectivity index (χ2v) is 14.5. The summed E-state index contributed by atoms with van der Waals surface area (Å²) in [6.45, 7) is 13.6. The van der Waals surface area contributed by atoms with Gasteiger partial charge in [-0.3, -0.25) is 9.59 Å². The Kier molecular flexibility index (Phi) is 13.5. The molecule has 276 valence electrons. The minimum absolute atomic E-state index is 0.0220. The first-order valence-electron chi connectivity index (χ1n) is 18.9. The van der Waals surface area contributed by atoms with Gasteiger partial charge < -0.3 is 14.8 Å². The summed E-state index contributed by atoms with van der Waals surface area (Å²) in [5.41, 5.74) is 9.15. The Morgan fingerprint density at radius 2 is 1.58 bits per heavy atom. The monoisotopic (exact) mass is 724 g/mol. The van der Waals surface area contributed by atoms with E-state index >= 15 is 0 Å².